The fourth-order valence-corrected chi connectivity index (χ4v) is 6.18. The molecule has 6 heterocycles. The number of piperazine rings is 1. The average molecular weight is 588 g/mol. The van der Waals surface area contributed by atoms with Crippen LogP contribution in [0.25, 0.3) is 22.0 Å². The van der Waals surface area contributed by atoms with Gasteiger partial charge < -0.3 is 19.5 Å². The molecule has 1 unspecified atom stereocenters. The zero-order valence-electron chi connectivity index (χ0n) is 22.4. The molecule has 0 saturated carbocycles. The Hall–Kier alpha value is -4.85. The highest BCUT2D eigenvalue weighted by Gasteiger charge is 2.32. The molecular weight excluding hydrogens is 561 g/mol. The largest absolute Gasteiger partial charge is 0.465 e. The van der Waals surface area contributed by atoms with Gasteiger partial charge in [0.05, 0.1) is 12.0 Å². The SMILES string of the molecule is O=C(Nc1nccs1)C(c1ncn2c1CCC2)n1cc2ccc(-c3ccc(N4CCN(C(=O)O)CC4)nc3)c(F)c2n1. The third-order valence-corrected chi connectivity index (χ3v) is 8.48. The zero-order chi connectivity index (χ0) is 28.8. The molecule has 12 nitrogen and oxygen atoms in total. The average Bonchev–Trinajstić information content (AvgIpc) is 3.81. The van der Waals surface area contributed by atoms with Gasteiger partial charge in [0.25, 0.3) is 5.91 Å². The van der Waals surface area contributed by atoms with Crippen molar-refractivity contribution in [2.75, 3.05) is 36.4 Å². The Morgan fingerprint density at radius 1 is 1.05 bits per heavy atom. The minimum Gasteiger partial charge on any atom is -0.465 e. The molecule has 4 aromatic heterocycles. The number of hydrogen-bond donors (Lipinski definition) is 2. The van der Waals surface area contributed by atoms with Crippen molar-refractivity contribution in [3.63, 3.8) is 0 Å². The molecule has 0 radical (unpaired) electrons. The van der Waals surface area contributed by atoms with Crippen LogP contribution in [0.1, 0.15) is 23.9 Å². The molecule has 0 aliphatic carbocycles. The smallest absolute Gasteiger partial charge is 0.407 e. The Morgan fingerprint density at radius 2 is 1.90 bits per heavy atom. The van der Waals surface area contributed by atoms with Crippen LogP contribution in [0.4, 0.5) is 20.1 Å². The molecule has 2 aliphatic heterocycles. The highest BCUT2D eigenvalue weighted by molar-refractivity contribution is 7.13. The van der Waals surface area contributed by atoms with Gasteiger partial charge in [0.1, 0.15) is 11.3 Å². The van der Waals surface area contributed by atoms with Crippen molar-refractivity contribution in [1.29, 1.82) is 0 Å². The van der Waals surface area contributed by atoms with E-state index in [9.17, 15) is 14.7 Å². The summed E-state index contributed by atoms with van der Waals surface area (Å²) in [7, 11) is 0. The lowest BCUT2D eigenvalue weighted by Gasteiger charge is -2.33. The summed E-state index contributed by atoms with van der Waals surface area (Å²) in [6, 6.07) is 6.17. The first-order valence-electron chi connectivity index (χ1n) is 13.6. The molecule has 0 bridgehead atoms. The van der Waals surface area contributed by atoms with Crippen molar-refractivity contribution in [2.45, 2.75) is 25.4 Å². The minimum absolute atomic E-state index is 0.143. The predicted molar refractivity (Wildman–Crippen MR) is 154 cm³/mol. The van der Waals surface area contributed by atoms with Crippen molar-refractivity contribution >= 4 is 45.2 Å². The number of nitrogens with zero attached hydrogens (tertiary/aromatic N) is 8. The summed E-state index contributed by atoms with van der Waals surface area (Å²) in [5, 5.41) is 19.4. The molecule has 14 heteroatoms. The van der Waals surface area contributed by atoms with Crippen LogP contribution >= 0.6 is 11.3 Å². The van der Waals surface area contributed by atoms with Crippen LogP contribution in [0.2, 0.25) is 0 Å². The van der Waals surface area contributed by atoms with Crippen LogP contribution in [0.3, 0.4) is 0 Å². The first-order chi connectivity index (χ1) is 20.5. The normalized spacial score (nSPS) is 15.6. The van der Waals surface area contributed by atoms with Gasteiger partial charge in [-0.15, -0.1) is 11.3 Å². The summed E-state index contributed by atoms with van der Waals surface area (Å²) in [5.74, 6) is -0.156. The van der Waals surface area contributed by atoms with Gasteiger partial charge in [0.2, 0.25) is 0 Å². The zero-order valence-corrected chi connectivity index (χ0v) is 23.2. The highest BCUT2D eigenvalue weighted by atomic mass is 32.1. The molecule has 1 aromatic carbocycles. The van der Waals surface area contributed by atoms with Gasteiger partial charge in [0, 0.05) is 78.9 Å². The maximum atomic E-state index is 16.0. The number of pyridine rings is 1. The maximum Gasteiger partial charge on any atom is 0.407 e. The number of imidazole rings is 1. The molecular formula is C28H26FN9O3S. The molecule has 2 amide bonds. The van der Waals surface area contributed by atoms with Gasteiger partial charge in [-0.3, -0.25) is 14.8 Å². The molecule has 1 atom stereocenters. The number of benzene rings is 1. The van der Waals surface area contributed by atoms with E-state index in [0.717, 1.165) is 25.1 Å². The molecule has 1 saturated heterocycles. The number of halogens is 1. The summed E-state index contributed by atoms with van der Waals surface area (Å²) in [4.78, 5) is 41.4. The van der Waals surface area contributed by atoms with E-state index < -0.39 is 18.0 Å². The molecule has 1 fully saturated rings. The summed E-state index contributed by atoms with van der Waals surface area (Å²) < 4.78 is 19.5. The molecule has 214 valence electrons. The number of aryl methyl sites for hydroxylation is 1. The lowest BCUT2D eigenvalue weighted by atomic mass is 10.1. The van der Waals surface area contributed by atoms with Gasteiger partial charge in [0.15, 0.2) is 17.0 Å². The Kier molecular flexibility index (Phi) is 6.53. The number of thiazole rings is 1. The number of carbonyl (C=O) groups is 2. The van der Waals surface area contributed by atoms with Crippen LogP contribution in [-0.2, 0) is 17.8 Å². The van der Waals surface area contributed by atoms with Crippen molar-refractivity contribution < 1.29 is 19.1 Å². The first kappa shape index (κ1) is 26.1. The number of aromatic nitrogens is 6. The van der Waals surface area contributed by atoms with E-state index in [1.54, 1.807) is 48.5 Å². The van der Waals surface area contributed by atoms with Gasteiger partial charge in [-0.2, -0.15) is 5.10 Å². The van der Waals surface area contributed by atoms with E-state index in [-0.39, 0.29) is 11.4 Å². The van der Waals surface area contributed by atoms with Crippen LogP contribution in [0.5, 0.6) is 0 Å². The number of fused-ring (bicyclic) bond motifs is 2. The van der Waals surface area contributed by atoms with E-state index >= 15 is 4.39 Å². The third-order valence-electron chi connectivity index (χ3n) is 7.79. The molecule has 7 rings (SSSR count). The van der Waals surface area contributed by atoms with Crippen LogP contribution in [0.15, 0.2) is 54.6 Å². The van der Waals surface area contributed by atoms with Crippen LogP contribution in [-0.4, -0.2) is 77.5 Å². The molecule has 2 aliphatic rings. The minimum atomic E-state index is -0.924. The Morgan fingerprint density at radius 3 is 2.64 bits per heavy atom. The monoisotopic (exact) mass is 587 g/mol. The summed E-state index contributed by atoms with van der Waals surface area (Å²) >= 11 is 1.31. The summed E-state index contributed by atoms with van der Waals surface area (Å²) in [6.45, 7) is 2.71. The van der Waals surface area contributed by atoms with E-state index in [1.165, 1.54) is 20.9 Å². The summed E-state index contributed by atoms with van der Waals surface area (Å²) in [5.41, 5.74) is 2.64. The second-order valence-electron chi connectivity index (χ2n) is 10.2. The second kappa shape index (κ2) is 10.5. The van der Waals surface area contributed by atoms with Crippen molar-refractivity contribution in [1.82, 2.24) is 34.2 Å². The van der Waals surface area contributed by atoms with E-state index in [2.05, 4.69) is 25.4 Å². The Labute approximate surface area is 243 Å². The number of amides is 2. The quantitative estimate of drug-likeness (QED) is 0.306. The van der Waals surface area contributed by atoms with Gasteiger partial charge in [-0.05, 0) is 25.0 Å². The lowest BCUT2D eigenvalue weighted by molar-refractivity contribution is -0.118. The summed E-state index contributed by atoms with van der Waals surface area (Å²) in [6.07, 6.45) is 7.48. The topological polar surface area (TPSA) is 134 Å². The predicted octanol–water partition coefficient (Wildman–Crippen LogP) is 3.86. The number of hydrogen-bond acceptors (Lipinski definition) is 8. The van der Waals surface area contributed by atoms with Crippen molar-refractivity contribution in [2.24, 2.45) is 0 Å². The van der Waals surface area contributed by atoms with Crippen LogP contribution < -0.4 is 10.2 Å². The fraction of sp³-hybridized carbons (Fsp3) is 0.286. The Balaban J connectivity index is 1.19. The molecule has 5 aromatic rings. The number of carbonyl (C=O) groups excluding carboxylic acids is 1. The third kappa shape index (κ3) is 4.62. The van der Waals surface area contributed by atoms with E-state index in [4.69, 9.17) is 0 Å². The number of rotatable bonds is 6. The van der Waals surface area contributed by atoms with Gasteiger partial charge in [-0.1, -0.05) is 12.1 Å². The van der Waals surface area contributed by atoms with Crippen molar-refractivity contribution in [3.8, 4) is 11.1 Å². The number of nitrogens with one attached hydrogen (secondary N) is 1. The van der Waals surface area contributed by atoms with E-state index in [1.807, 2.05) is 15.5 Å². The lowest BCUT2D eigenvalue weighted by Crippen LogP contribution is -2.48. The Bertz CT molecular complexity index is 1780. The molecule has 42 heavy (non-hydrogen) atoms. The second-order valence-corrected chi connectivity index (χ2v) is 11.1. The standard InChI is InChI=1S/C28H26FN9O3S/c29-22-19(17-4-6-21(31-14-17)35-9-11-36(12-10-35)28(40)41)5-3-18-15-38(34-23(18)22)25(26(39)33-27-30-7-13-42-27)24-20-2-1-8-37(20)16-32-24/h3-7,13-16,25H,1-2,8-12H2,(H,40,41)(H,30,33,39). The highest BCUT2D eigenvalue weighted by Crippen LogP contribution is 2.32. The maximum absolute atomic E-state index is 16.0. The first-order valence-corrected chi connectivity index (χ1v) is 14.4. The van der Waals surface area contributed by atoms with Crippen molar-refractivity contribution in [3.05, 3.63) is 71.8 Å². The van der Waals surface area contributed by atoms with Gasteiger partial charge >= 0.3 is 6.09 Å². The number of carboxylic acid groups (broad SMARTS) is 1. The fourth-order valence-electron chi connectivity index (χ4n) is 5.65. The van der Waals surface area contributed by atoms with Gasteiger partial charge in [-0.25, -0.2) is 24.1 Å². The van der Waals surface area contributed by atoms with Crippen LogP contribution in [0, 0.1) is 5.82 Å². The number of anilines is 2. The molecule has 2 N–H and O–H groups in total. The van der Waals surface area contributed by atoms with E-state index in [0.29, 0.717) is 59.3 Å². The molecule has 0 spiro atoms.